The van der Waals surface area contributed by atoms with Crippen LogP contribution in [0.3, 0.4) is 0 Å². The van der Waals surface area contributed by atoms with Gasteiger partial charge in [0.25, 0.3) is 0 Å². The summed E-state index contributed by atoms with van der Waals surface area (Å²) in [6.07, 6.45) is 8.11. The molecule has 0 aromatic carbocycles. The molecule has 1 rings (SSSR count). The number of unbranched alkanes of at least 4 members (excludes halogenated alkanes) is 2. The lowest BCUT2D eigenvalue weighted by Crippen LogP contribution is -3.00. The molecule has 74 valence electrons. The van der Waals surface area contributed by atoms with Crippen LogP contribution in [-0.4, -0.2) is 5.33 Å². The maximum Gasteiger partial charge on any atom is 0.168 e. The van der Waals surface area contributed by atoms with Crippen LogP contribution in [0.2, 0.25) is 0 Å². The molecule has 0 bridgehead atoms. The number of rotatable bonds is 5. The number of aromatic nitrogens is 1. The van der Waals surface area contributed by atoms with Gasteiger partial charge in [0.1, 0.15) is 6.54 Å². The second-order valence-corrected chi connectivity index (χ2v) is 3.66. The van der Waals surface area contributed by atoms with Crippen LogP contribution >= 0.6 is 15.9 Å². The summed E-state index contributed by atoms with van der Waals surface area (Å²) in [5.41, 5.74) is 0. The summed E-state index contributed by atoms with van der Waals surface area (Å²) in [6, 6.07) is 6.20. The van der Waals surface area contributed by atoms with Gasteiger partial charge >= 0.3 is 0 Å². The van der Waals surface area contributed by atoms with E-state index in [1.165, 1.54) is 19.3 Å². The normalized spacial score (nSPS) is 9.31. The lowest BCUT2D eigenvalue weighted by atomic mass is 10.2. The maximum atomic E-state index is 3.43. The van der Waals surface area contributed by atoms with Crippen molar-refractivity contribution in [3.05, 3.63) is 30.6 Å². The van der Waals surface area contributed by atoms with Gasteiger partial charge in [-0.2, -0.15) is 0 Å². The highest BCUT2D eigenvalue weighted by atomic mass is 79.9. The first-order valence-corrected chi connectivity index (χ1v) is 5.55. The fraction of sp³-hybridized carbons (Fsp3) is 0.500. The Morgan fingerprint density at radius 1 is 0.923 bits per heavy atom. The van der Waals surface area contributed by atoms with Gasteiger partial charge in [-0.05, 0) is 12.8 Å². The summed E-state index contributed by atoms with van der Waals surface area (Å²) < 4.78 is 2.23. The quantitative estimate of drug-likeness (QED) is 0.394. The molecule has 1 heterocycles. The van der Waals surface area contributed by atoms with Crippen LogP contribution in [0.1, 0.15) is 19.3 Å². The minimum absolute atomic E-state index is 0. The second kappa shape index (κ2) is 8.70. The minimum Gasteiger partial charge on any atom is -1.00 e. The Bertz CT molecular complexity index is 201. The second-order valence-electron chi connectivity index (χ2n) is 2.86. The molecule has 3 heteroatoms. The molecule has 0 aliphatic heterocycles. The molecule has 0 saturated heterocycles. The number of hydrogen-bond donors (Lipinski definition) is 0. The third-order valence-corrected chi connectivity index (χ3v) is 2.39. The number of hydrogen-bond acceptors (Lipinski definition) is 0. The topological polar surface area (TPSA) is 3.88 Å². The number of halogens is 2. The van der Waals surface area contributed by atoms with E-state index in [0.29, 0.717) is 0 Å². The van der Waals surface area contributed by atoms with E-state index in [1.54, 1.807) is 0 Å². The highest BCUT2D eigenvalue weighted by Gasteiger charge is 1.96. The van der Waals surface area contributed by atoms with Gasteiger partial charge < -0.3 is 17.0 Å². The van der Waals surface area contributed by atoms with Crippen molar-refractivity contribution in [1.29, 1.82) is 0 Å². The first-order valence-electron chi connectivity index (χ1n) is 4.43. The Hall–Kier alpha value is 0.110. The number of alkyl halides is 1. The van der Waals surface area contributed by atoms with Crippen molar-refractivity contribution in [1.82, 2.24) is 0 Å². The zero-order chi connectivity index (χ0) is 8.65. The average Bonchev–Trinajstić information content (AvgIpc) is 2.14. The van der Waals surface area contributed by atoms with Crippen LogP contribution in [0.5, 0.6) is 0 Å². The van der Waals surface area contributed by atoms with E-state index in [0.717, 1.165) is 11.9 Å². The average molecular weight is 309 g/mol. The van der Waals surface area contributed by atoms with Crippen molar-refractivity contribution in [2.45, 2.75) is 25.8 Å². The van der Waals surface area contributed by atoms with Gasteiger partial charge in [-0.15, -0.1) is 0 Å². The van der Waals surface area contributed by atoms with Crippen molar-refractivity contribution < 1.29 is 21.5 Å². The van der Waals surface area contributed by atoms with Gasteiger partial charge in [0, 0.05) is 23.9 Å². The molecule has 1 nitrogen and oxygen atoms in total. The Kier molecular flexibility index (Phi) is 8.77. The lowest BCUT2D eigenvalue weighted by Gasteiger charge is -1.95. The molecule has 0 aliphatic carbocycles. The van der Waals surface area contributed by atoms with Gasteiger partial charge in [0.05, 0.1) is 0 Å². The number of pyridine rings is 1. The van der Waals surface area contributed by atoms with E-state index in [1.807, 2.05) is 0 Å². The summed E-state index contributed by atoms with van der Waals surface area (Å²) in [5.74, 6) is 0. The van der Waals surface area contributed by atoms with Gasteiger partial charge in [0.2, 0.25) is 0 Å². The Morgan fingerprint density at radius 2 is 1.62 bits per heavy atom. The molecule has 0 radical (unpaired) electrons. The van der Waals surface area contributed by atoms with Crippen molar-refractivity contribution in [3.8, 4) is 0 Å². The summed E-state index contributed by atoms with van der Waals surface area (Å²) in [7, 11) is 0. The minimum atomic E-state index is 0. The molecular formula is C10H15Br2N. The van der Waals surface area contributed by atoms with Crippen LogP contribution in [0.15, 0.2) is 30.6 Å². The molecule has 0 N–H and O–H groups in total. The SMILES string of the molecule is BrCCCCC[n+]1ccccc1.[Br-]. The highest BCUT2D eigenvalue weighted by Crippen LogP contribution is 1.97. The number of nitrogens with zero attached hydrogens (tertiary/aromatic N) is 1. The Balaban J connectivity index is 0.00000144. The first kappa shape index (κ1) is 13.1. The third kappa shape index (κ3) is 6.22. The van der Waals surface area contributed by atoms with E-state index in [4.69, 9.17) is 0 Å². The van der Waals surface area contributed by atoms with Crippen molar-refractivity contribution in [3.63, 3.8) is 0 Å². The first-order chi connectivity index (χ1) is 5.93. The van der Waals surface area contributed by atoms with E-state index < -0.39 is 0 Å². The molecule has 0 atom stereocenters. The van der Waals surface area contributed by atoms with Gasteiger partial charge in [0.15, 0.2) is 12.4 Å². The fourth-order valence-corrected chi connectivity index (χ4v) is 1.55. The maximum absolute atomic E-state index is 3.43. The van der Waals surface area contributed by atoms with Crippen LogP contribution in [-0.2, 0) is 6.54 Å². The van der Waals surface area contributed by atoms with Crippen molar-refractivity contribution >= 4 is 15.9 Å². The van der Waals surface area contributed by atoms with Crippen molar-refractivity contribution in [2.24, 2.45) is 0 Å². The standard InChI is InChI=1S/C10H15BrN.BrH/c11-7-3-1-4-8-12-9-5-2-6-10-12;/h2,5-6,9-10H,1,3-4,7-8H2;1H/q+1;/p-1. The Labute approximate surface area is 99.1 Å². The molecule has 13 heavy (non-hydrogen) atoms. The molecule has 1 aromatic heterocycles. The summed E-state index contributed by atoms with van der Waals surface area (Å²) in [6.45, 7) is 1.15. The molecule has 0 unspecified atom stereocenters. The smallest absolute Gasteiger partial charge is 0.168 e. The predicted molar refractivity (Wildman–Crippen MR) is 54.3 cm³/mol. The summed E-state index contributed by atoms with van der Waals surface area (Å²) >= 11 is 3.43. The van der Waals surface area contributed by atoms with E-state index in [9.17, 15) is 0 Å². The van der Waals surface area contributed by atoms with Crippen LogP contribution in [0, 0.1) is 0 Å². The Morgan fingerprint density at radius 3 is 2.23 bits per heavy atom. The highest BCUT2D eigenvalue weighted by molar-refractivity contribution is 9.09. The zero-order valence-corrected chi connectivity index (χ0v) is 10.8. The van der Waals surface area contributed by atoms with Gasteiger partial charge in [-0.1, -0.05) is 22.0 Å². The molecule has 0 fully saturated rings. The molecule has 1 aromatic rings. The monoisotopic (exact) mass is 307 g/mol. The van der Waals surface area contributed by atoms with E-state index in [-0.39, 0.29) is 17.0 Å². The molecule has 0 aliphatic rings. The largest absolute Gasteiger partial charge is 1.00 e. The van der Waals surface area contributed by atoms with Crippen LogP contribution < -0.4 is 21.5 Å². The van der Waals surface area contributed by atoms with E-state index in [2.05, 4.69) is 51.1 Å². The zero-order valence-electron chi connectivity index (χ0n) is 7.63. The van der Waals surface area contributed by atoms with Gasteiger partial charge in [-0.3, -0.25) is 0 Å². The summed E-state index contributed by atoms with van der Waals surface area (Å²) in [4.78, 5) is 0. The molecular weight excluding hydrogens is 294 g/mol. The molecule has 0 spiro atoms. The lowest BCUT2D eigenvalue weighted by molar-refractivity contribution is -0.697. The predicted octanol–water partition coefficient (Wildman–Crippen LogP) is -0.457. The van der Waals surface area contributed by atoms with E-state index >= 15 is 0 Å². The number of aryl methyl sites for hydroxylation is 1. The molecule has 0 saturated carbocycles. The fourth-order valence-electron chi connectivity index (χ4n) is 1.15. The summed E-state index contributed by atoms with van der Waals surface area (Å²) in [5, 5.41) is 1.13. The van der Waals surface area contributed by atoms with Crippen molar-refractivity contribution in [2.75, 3.05) is 5.33 Å². The molecule has 0 amide bonds. The van der Waals surface area contributed by atoms with Crippen LogP contribution in [0.25, 0.3) is 0 Å². The third-order valence-electron chi connectivity index (χ3n) is 1.83. The van der Waals surface area contributed by atoms with Gasteiger partial charge in [-0.25, -0.2) is 4.57 Å². The van der Waals surface area contributed by atoms with Crippen LogP contribution in [0.4, 0.5) is 0 Å².